The summed E-state index contributed by atoms with van der Waals surface area (Å²) < 4.78 is 0. The Kier molecular flexibility index (Phi) is 4.30. The molecule has 1 saturated heterocycles. The van der Waals surface area contributed by atoms with Gasteiger partial charge in [-0.2, -0.15) is 0 Å². The van der Waals surface area contributed by atoms with E-state index in [0.29, 0.717) is 19.6 Å². The van der Waals surface area contributed by atoms with Crippen LogP contribution in [0.4, 0.5) is 4.79 Å². The summed E-state index contributed by atoms with van der Waals surface area (Å²) in [6.45, 7) is 3.49. The van der Waals surface area contributed by atoms with Crippen molar-refractivity contribution >= 4 is 22.7 Å². The standard InChI is InChI=1S/C18H21N3O2/c1-13(17(22)21-10-9-19-18(21)23)20(2)12-14-7-8-15-5-3-4-6-16(15)11-14/h3-8,11,13H,9-10,12H2,1-2H3,(H,19,23)/t13-/m0/s1. The van der Waals surface area contributed by atoms with Crippen molar-refractivity contribution in [3.63, 3.8) is 0 Å². The summed E-state index contributed by atoms with van der Waals surface area (Å²) >= 11 is 0. The highest BCUT2D eigenvalue weighted by Gasteiger charge is 2.31. The van der Waals surface area contributed by atoms with Crippen molar-refractivity contribution in [1.82, 2.24) is 15.1 Å². The van der Waals surface area contributed by atoms with E-state index in [1.165, 1.54) is 15.7 Å². The van der Waals surface area contributed by atoms with E-state index in [-0.39, 0.29) is 18.0 Å². The number of carbonyl (C=O) groups excluding carboxylic acids is 2. The number of imide groups is 1. The Morgan fingerprint density at radius 3 is 2.70 bits per heavy atom. The zero-order valence-electron chi connectivity index (χ0n) is 13.5. The molecule has 1 heterocycles. The Morgan fingerprint density at radius 2 is 2.00 bits per heavy atom. The summed E-state index contributed by atoms with van der Waals surface area (Å²) in [6.07, 6.45) is 0. The van der Waals surface area contributed by atoms with Gasteiger partial charge in [0.25, 0.3) is 0 Å². The molecule has 3 amide bonds. The van der Waals surface area contributed by atoms with Gasteiger partial charge in [0, 0.05) is 19.6 Å². The molecule has 5 nitrogen and oxygen atoms in total. The molecule has 2 aromatic rings. The van der Waals surface area contributed by atoms with Gasteiger partial charge in [-0.15, -0.1) is 0 Å². The number of benzene rings is 2. The number of hydrogen-bond acceptors (Lipinski definition) is 3. The molecule has 2 aromatic carbocycles. The number of fused-ring (bicyclic) bond motifs is 1. The SMILES string of the molecule is C[C@@H](C(=O)N1CCNC1=O)N(C)Cc1ccc2ccccc2c1. The highest BCUT2D eigenvalue weighted by atomic mass is 16.2. The van der Waals surface area contributed by atoms with Crippen molar-refractivity contribution in [3.05, 3.63) is 48.0 Å². The second-order valence-corrected chi connectivity index (χ2v) is 5.99. The minimum atomic E-state index is -0.342. The number of nitrogens with one attached hydrogen (secondary N) is 1. The molecule has 0 radical (unpaired) electrons. The molecule has 0 saturated carbocycles. The Bertz CT molecular complexity index is 744. The van der Waals surface area contributed by atoms with Crippen molar-refractivity contribution in [3.8, 4) is 0 Å². The molecule has 3 rings (SSSR count). The van der Waals surface area contributed by atoms with Gasteiger partial charge < -0.3 is 5.32 Å². The van der Waals surface area contributed by atoms with Crippen LogP contribution in [0.25, 0.3) is 10.8 Å². The van der Waals surface area contributed by atoms with Crippen molar-refractivity contribution in [2.24, 2.45) is 0 Å². The second kappa shape index (κ2) is 6.38. The molecular weight excluding hydrogens is 290 g/mol. The van der Waals surface area contributed by atoms with Crippen LogP contribution in [0.2, 0.25) is 0 Å². The summed E-state index contributed by atoms with van der Waals surface area (Å²) in [6, 6.07) is 13.9. The lowest BCUT2D eigenvalue weighted by Crippen LogP contribution is -2.46. The van der Waals surface area contributed by atoms with E-state index in [9.17, 15) is 9.59 Å². The third-order valence-corrected chi connectivity index (χ3v) is 4.39. The maximum atomic E-state index is 12.4. The number of likely N-dealkylation sites (N-methyl/N-ethyl adjacent to an activating group) is 1. The fourth-order valence-corrected chi connectivity index (χ4v) is 2.86. The molecular formula is C18H21N3O2. The molecule has 23 heavy (non-hydrogen) atoms. The predicted molar refractivity (Wildman–Crippen MR) is 90.0 cm³/mol. The first-order chi connectivity index (χ1) is 11.1. The molecule has 5 heteroatoms. The lowest BCUT2D eigenvalue weighted by atomic mass is 10.1. The van der Waals surface area contributed by atoms with Gasteiger partial charge in [0.1, 0.15) is 0 Å². The molecule has 0 spiro atoms. The molecule has 0 unspecified atom stereocenters. The van der Waals surface area contributed by atoms with Crippen LogP contribution in [0, 0.1) is 0 Å². The van der Waals surface area contributed by atoms with E-state index >= 15 is 0 Å². The Balaban J connectivity index is 1.70. The largest absolute Gasteiger partial charge is 0.336 e. The third-order valence-electron chi connectivity index (χ3n) is 4.39. The number of amides is 3. The maximum Gasteiger partial charge on any atom is 0.324 e. The smallest absolute Gasteiger partial charge is 0.324 e. The average Bonchev–Trinajstić information content (AvgIpc) is 2.99. The van der Waals surface area contributed by atoms with Gasteiger partial charge in [0.2, 0.25) is 5.91 Å². The molecule has 1 aliphatic rings. The Labute approximate surface area is 135 Å². The van der Waals surface area contributed by atoms with Crippen molar-refractivity contribution < 1.29 is 9.59 Å². The number of rotatable bonds is 4. The first-order valence-electron chi connectivity index (χ1n) is 7.83. The number of urea groups is 1. The number of nitrogens with zero attached hydrogens (tertiary/aromatic N) is 2. The predicted octanol–water partition coefficient (Wildman–Crippen LogP) is 2.21. The summed E-state index contributed by atoms with van der Waals surface area (Å²) in [5.41, 5.74) is 1.15. The Morgan fingerprint density at radius 1 is 1.26 bits per heavy atom. The van der Waals surface area contributed by atoms with E-state index in [1.807, 2.05) is 31.0 Å². The summed E-state index contributed by atoms with van der Waals surface area (Å²) in [5, 5.41) is 5.06. The first-order valence-corrected chi connectivity index (χ1v) is 7.83. The lowest BCUT2D eigenvalue weighted by Gasteiger charge is -2.26. The lowest BCUT2D eigenvalue weighted by molar-refractivity contribution is -0.132. The highest BCUT2D eigenvalue weighted by Crippen LogP contribution is 2.17. The summed E-state index contributed by atoms with van der Waals surface area (Å²) in [5.74, 6) is -0.150. The monoisotopic (exact) mass is 311 g/mol. The zero-order valence-corrected chi connectivity index (χ0v) is 13.5. The quantitative estimate of drug-likeness (QED) is 0.942. The van der Waals surface area contributed by atoms with Crippen LogP contribution >= 0.6 is 0 Å². The van der Waals surface area contributed by atoms with Gasteiger partial charge in [-0.25, -0.2) is 4.79 Å². The van der Waals surface area contributed by atoms with Gasteiger partial charge in [0.05, 0.1) is 6.04 Å². The van der Waals surface area contributed by atoms with Gasteiger partial charge in [-0.05, 0) is 36.4 Å². The first kappa shape index (κ1) is 15.5. The minimum Gasteiger partial charge on any atom is -0.336 e. The van der Waals surface area contributed by atoms with Gasteiger partial charge in [0.15, 0.2) is 0 Å². The zero-order chi connectivity index (χ0) is 16.4. The van der Waals surface area contributed by atoms with Gasteiger partial charge >= 0.3 is 6.03 Å². The second-order valence-electron chi connectivity index (χ2n) is 5.99. The Hall–Kier alpha value is -2.40. The fraction of sp³-hybridized carbons (Fsp3) is 0.333. The van der Waals surface area contributed by atoms with E-state index in [0.717, 1.165) is 5.56 Å². The van der Waals surface area contributed by atoms with Crippen LogP contribution in [-0.4, -0.2) is 47.9 Å². The third kappa shape index (κ3) is 3.19. The fourth-order valence-electron chi connectivity index (χ4n) is 2.86. The van der Waals surface area contributed by atoms with Crippen molar-refractivity contribution in [1.29, 1.82) is 0 Å². The normalized spacial score (nSPS) is 16.0. The van der Waals surface area contributed by atoms with Gasteiger partial charge in [-0.3, -0.25) is 14.6 Å². The molecule has 0 bridgehead atoms. The van der Waals surface area contributed by atoms with Crippen LogP contribution in [0.3, 0.4) is 0 Å². The van der Waals surface area contributed by atoms with Crippen molar-refractivity contribution in [2.75, 3.05) is 20.1 Å². The molecule has 1 N–H and O–H groups in total. The van der Waals surface area contributed by atoms with Crippen LogP contribution in [-0.2, 0) is 11.3 Å². The number of hydrogen-bond donors (Lipinski definition) is 1. The topological polar surface area (TPSA) is 52.7 Å². The summed E-state index contributed by atoms with van der Waals surface area (Å²) in [4.78, 5) is 27.3. The molecule has 120 valence electrons. The molecule has 1 aliphatic heterocycles. The average molecular weight is 311 g/mol. The molecule has 1 fully saturated rings. The van der Waals surface area contributed by atoms with Gasteiger partial charge in [-0.1, -0.05) is 36.4 Å². The van der Waals surface area contributed by atoms with Crippen LogP contribution in [0.5, 0.6) is 0 Å². The van der Waals surface area contributed by atoms with Crippen LogP contribution < -0.4 is 5.32 Å². The van der Waals surface area contributed by atoms with Crippen LogP contribution in [0.15, 0.2) is 42.5 Å². The molecule has 0 aromatic heterocycles. The maximum absolute atomic E-state index is 12.4. The highest BCUT2D eigenvalue weighted by molar-refractivity contribution is 5.98. The van der Waals surface area contributed by atoms with E-state index < -0.39 is 0 Å². The summed E-state index contributed by atoms with van der Waals surface area (Å²) in [7, 11) is 1.91. The van der Waals surface area contributed by atoms with Crippen molar-refractivity contribution in [2.45, 2.75) is 19.5 Å². The van der Waals surface area contributed by atoms with Crippen LogP contribution in [0.1, 0.15) is 12.5 Å². The molecule has 0 aliphatic carbocycles. The van der Waals surface area contributed by atoms with E-state index in [1.54, 1.807) is 0 Å². The van der Waals surface area contributed by atoms with E-state index in [4.69, 9.17) is 0 Å². The number of carbonyl (C=O) groups is 2. The molecule has 1 atom stereocenters. The minimum absolute atomic E-state index is 0.150. The van der Waals surface area contributed by atoms with E-state index in [2.05, 4.69) is 35.6 Å².